The van der Waals surface area contributed by atoms with Crippen molar-refractivity contribution in [2.24, 2.45) is 0 Å². The van der Waals surface area contributed by atoms with Crippen LogP contribution in [0.1, 0.15) is 13.3 Å². The first-order valence-corrected chi connectivity index (χ1v) is 4.16. The molecule has 3 heteroatoms. The van der Waals surface area contributed by atoms with Gasteiger partial charge in [-0.05, 0) is 27.4 Å². The number of nitrogens with zero attached hydrogens (tertiary/aromatic N) is 1. The number of epoxide rings is 1. The van der Waals surface area contributed by atoms with Gasteiger partial charge in [-0.3, -0.25) is 0 Å². The van der Waals surface area contributed by atoms with Crippen LogP contribution in [0.5, 0.6) is 0 Å². The molecule has 1 aliphatic heterocycles. The Bertz CT molecular complexity index is 117. The normalized spacial score (nSPS) is 29.5. The summed E-state index contributed by atoms with van der Waals surface area (Å²) >= 11 is 0. The van der Waals surface area contributed by atoms with Crippen molar-refractivity contribution < 1.29 is 9.47 Å². The van der Waals surface area contributed by atoms with Gasteiger partial charge in [0.25, 0.3) is 0 Å². The van der Waals surface area contributed by atoms with Crippen LogP contribution in [-0.4, -0.2) is 44.5 Å². The minimum Gasteiger partial charge on any atom is -0.350 e. The zero-order valence-corrected chi connectivity index (χ0v) is 7.54. The van der Waals surface area contributed by atoms with E-state index in [1.165, 1.54) is 0 Å². The molecule has 1 rings (SSSR count). The fourth-order valence-corrected chi connectivity index (χ4v) is 1.03. The first-order chi connectivity index (χ1) is 5.24. The van der Waals surface area contributed by atoms with Gasteiger partial charge in [0.2, 0.25) is 0 Å². The summed E-state index contributed by atoms with van der Waals surface area (Å²) in [7, 11) is 4.14. The number of rotatable bonds is 5. The Morgan fingerprint density at radius 2 is 2.18 bits per heavy atom. The number of hydrogen-bond acceptors (Lipinski definition) is 3. The molecule has 0 aromatic rings. The van der Waals surface area contributed by atoms with Gasteiger partial charge in [0, 0.05) is 13.2 Å². The van der Waals surface area contributed by atoms with Crippen LogP contribution in [-0.2, 0) is 9.47 Å². The molecule has 1 saturated heterocycles. The zero-order valence-electron chi connectivity index (χ0n) is 7.54. The van der Waals surface area contributed by atoms with E-state index < -0.39 is 0 Å². The minimum absolute atomic E-state index is 0.0972. The average molecular weight is 159 g/mol. The standard InChI is InChI=1S/C8H17NO2/c1-4-10-8-7(11-8)5-6-9(2)3/h7-8H,4-6H2,1-3H3. The van der Waals surface area contributed by atoms with Gasteiger partial charge in [-0.25, -0.2) is 0 Å². The Morgan fingerprint density at radius 3 is 2.73 bits per heavy atom. The smallest absolute Gasteiger partial charge is 0.184 e. The Kier molecular flexibility index (Phi) is 3.30. The predicted molar refractivity (Wildman–Crippen MR) is 43.5 cm³/mol. The van der Waals surface area contributed by atoms with E-state index in [9.17, 15) is 0 Å². The summed E-state index contributed by atoms with van der Waals surface area (Å²) in [4.78, 5) is 2.16. The van der Waals surface area contributed by atoms with Gasteiger partial charge in [0.05, 0.1) is 0 Å². The van der Waals surface area contributed by atoms with Crippen molar-refractivity contribution in [1.82, 2.24) is 4.90 Å². The average Bonchev–Trinajstić information content (AvgIpc) is 2.64. The molecule has 0 spiro atoms. The molecule has 11 heavy (non-hydrogen) atoms. The highest BCUT2D eigenvalue weighted by molar-refractivity contribution is 4.77. The Labute approximate surface area is 68.3 Å². The maximum absolute atomic E-state index is 5.26. The molecule has 0 aliphatic carbocycles. The second kappa shape index (κ2) is 4.04. The lowest BCUT2D eigenvalue weighted by molar-refractivity contribution is 0.0593. The maximum atomic E-state index is 5.26. The van der Waals surface area contributed by atoms with Crippen LogP contribution < -0.4 is 0 Å². The first kappa shape index (κ1) is 8.97. The van der Waals surface area contributed by atoms with E-state index in [4.69, 9.17) is 9.47 Å². The van der Waals surface area contributed by atoms with Crippen molar-refractivity contribution in [2.75, 3.05) is 27.2 Å². The van der Waals surface area contributed by atoms with E-state index in [0.29, 0.717) is 6.10 Å². The largest absolute Gasteiger partial charge is 0.350 e. The monoisotopic (exact) mass is 159 g/mol. The van der Waals surface area contributed by atoms with Gasteiger partial charge < -0.3 is 14.4 Å². The third-order valence-electron chi connectivity index (χ3n) is 1.73. The highest BCUT2D eigenvalue weighted by Crippen LogP contribution is 2.25. The van der Waals surface area contributed by atoms with Gasteiger partial charge in [-0.2, -0.15) is 0 Å². The lowest BCUT2D eigenvalue weighted by atomic mass is 10.3. The van der Waals surface area contributed by atoms with E-state index in [1.807, 2.05) is 6.92 Å². The molecular weight excluding hydrogens is 142 g/mol. The van der Waals surface area contributed by atoms with Gasteiger partial charge in [0.1, 0.15) is 6.10 Å². The number of hydrogen-bond donors (Lipinski definition) is 0. The van der Waals surface area contributed by atoms with Gasteiger partial charge >= 0.3 is 0 Å². The Balaban J connectivity index is 1.95. The van der Waals surface area contributed by atoms with E-state index in [-0.39, 0.29) is 6.29 Å². The maximum Gasteiger partial charge on any atom is 0.184 e. The zero-order chi connectivity index (χ0) is 8.27. The molecule has 1 fully saturated rings. The molecule has 1 aliphatic rings. The highest BCUT2D eigenvalue weighted by Gasteiger charge is 2.38. The summed E-state index contributed by atoms with van der Waals surface area (Å²) in [6, 6.07) is 0. The molecule has 1 heterocycles. The molecule has 2 atom stereocenters. The summed E-state index contributed by atoms with van der Waals surface area (Å²) in [6.45, 7) is 3.82. The molecule has 66 valence electrons. The lowest BCUT2D eigenvalue weighted by Gasteiger charge is -2.06. The topological polar surface area (TPSA) is 25.0 Å². The van der Waals surface area contributed by atoms with Crippen LogP contribution in [0.25, 0.3) is 0 Å². The highest BCUT2D eigenvalue weighted by atomic mass is 16.8. The van der Waals surface area contributed by atoms with Gasteiger partial charge in [-0.1, -0.05) is 0 Å². The van der Waals surface area contributed by atoms with Crippen molar-refractivity contribution in [2.45, 2.75) is 25.7 Å². The van der Waals surface area contributed by atoms with E-state index >= 15 is 0 Å². The van der Waals surface area contributed by atoms with Gasteiger partial charge in [0.15, 0.2) is 6.29 Å². The summed E-state index contributed by atoms with van der Waals surface area (Å²) in [5.41, 5.74) is 0. The molecule has 2 unspecified atom stereocenters. The van der Waals surface area contributed by atoms with E-state index in [0.717, 1.165) is 19.6 Å². The second-order valence-electron chi connectivity index (χ2n) is 3.09. The lowest BCUT2D eigenvalue weighted by Crippen LogP contribution is -2.15. The van der Waals surface area contributed by atoms with Crippen LogP contribution in [0.15, 0.2) is 0 Å². The van der Waals surface area contributed by atoms with Crippen molar-refractivity contribution in [3.63, 3.8) is 0 Å². The SMILES string of the molecule is CCOC1OC1CCN(C)C. The van der Waals surface area contributed by atoms with Crippen molar-refractivity contribution >= 4 is 0 Å². The quantitative estimate of drug-likeness (QED) is 0.552. The third-order valence-corrected chi connectivity index (χ3v) is 1.73. The van der Waals surface area contributed by atoms with Gasteiger partial charge in [-0.15, -0.1) is 0 Å². The molecule has 3 nitrogen and oxygen atoms in total. The molecule has 0 radical (unpaired) electrons. The van der Waals surface area contributed by atoms with Crippen molar-refractivity contribution in [3.05, 3.63) is 0 Å². The van der Waals surface area contributed by atoms with Crippen molar-refractivity contribution in [1.29, 1.82) is 0 Å². The van der Waals surface area contributed by atoms with E-state index in [2.05, 4.69) is 19.0 Å². The molecular formula is C8H17NO2. The number of ether oxygens (including phenoxy) is 2. The Morgan fingerprint density at radius 1 is 1.45 bits per heavy atom. The van der Waals surface area contributed by atoms with Crippen LogP contribution in [0.3, 0.4) is 0 Å². The predicted octanol–water partition coefficient (Wildman–Crippen LogP) is 0.700. The minimum atomic E-state index is 0.0972. The van der Waals surface area contributed by atoms with Crippen LogP contribution in [0, 0.1) is 0 Å². The second-order valence-corrected chi connectivity index (χ2v) is 3.09. The fraction of sp³-hybridized carbons (Fsp3) is 1.00. The summed E-state index contributed by atoms with van der Waals surface area (Å²) in [6.07, 6.45) is 1.54. The third kappa shape index (κ3) is 3.18. The fourth-order valence-electron chi connectivity index (χ4n) is 1.03. The molecule has 0 N–H and O–H groups in total. The van der Waals surface area contributed by atoms with Crippen LogP contribution >= 0.6 is 0 Å². The van der Waals surface area contributed by atoms with Crippen molar-refractivity contribution in [3.8, 4) is 0 Å². The first-order valence-electron chi connectivity index (χ1n) is 4.16. The van der Waals surface area contributed by atoms with Crippen LogP contribution in [0.2, 0.25) is 0 Å². The molecule has 0 aromatic heterocycles. The van der Waals surface area contributed by atoms with Crippen LogP contribution in [0.4, 0.5) is 0 Å². The molecule has 0 aromatic carbocycles. The molecule has 0 amide bonds. The molecule has 0 saturated carbocycles. The molecule has 0 bridgehead atoms. The summed E-state index contributed by atoms with van der Waals surface area (Å²) < 4.78 is 10.5. The van der Waals surface area contributed by atoms with E-state index in [1.54, 1.807) is 0 Å². The Hall–Kier alpha value is -0.120. The summed E-state index contributed by atoms with van der Waals surface area (Å²) in [5, 5.41) is 0. The summed E-state index contributed by atoms with van der Waals surface area (Å²) in [5.74, 6) is 0.